The molecule has 0 fully saturated rings. The first-order valence-corrected chi connectivity index (χ1v) is 4.90. The van der Waals surface area contributed by atoms with Crippen molar-refractivity contribution >= 4 is 34.4 Å². The molecular weight excluding hydrogens is 204 g/mol. The van der Waals surface area contributed by atoms with Crippen LogP contribution in [0.3, 0.4) is 0 Å². The number of rotatable bonds is 2. The van der Waals surface area contributed by atoms with Gasteiger partial charge in [0.2, 0.25) is 0 Å². The monoisotopic (exact) mass is 214 g/mol. The SMILES string of the molecule is C/C(=N\NC(N)=S)c1scnc1C. The van der Waals surface area contributed by atoms with Crippen molar-refractivity contribution in [2.75, 3.05) is 0 Å². The van der Waals surface area contributed by atoms with E-state index in [-0.39, 0.29) is 5.11 Å². The first kappa shape index (κ1) is 10.1. The molecule has 0 saturated heterocycles. The fraction of sp³-hybridized carbons (Fsp3) is 0.286. The van der Waals surface area contributed by atoms with Crippen molar-refractivity contribution in [3.63, 3.8) is 0 Å². The summed E-state index contributed by atoms with van der Waals surface area (Å²) in [6, 6.07) is 0. The average molecular weight is 214 g/mol. The molecule has 0 aliphatic heterocycles. The van der Waals surface area contributed by atoms with Crippen LogP contribution >= 0.6 is 23.6 Å². The van der Waals surface area contributed by atoms with E-state index in [2.05, 4.69) is 27.7 Å². The Kier molecular flexibility index (Phi) is 3.32. The second-order valence-corrected chi connectivity index (χ2v) is 3.73. The van der Waals surface area contributed by atoms with Gasteiger partial charge < -0.3 is 5.73 Å². The summed E-state index contributed by atoms with van der Waals surface area (Å²) in [5.74, 6) is 0. The number of aromatic nitrogens is 1. The number of nitrogens with zero attached hydrogens (tertiary/aromatic N) is 2. The summed E-state index contributed by atoms with van der Waals surface area (Å²) in [4.78, 5) is 5.16. The molecule has 1 aromatic rings. The zero-order valence-corrected chi connectivity index (χ0v) is 9.00. The predicted octanol–water partition coefficient (Wildman–Crippen LogP) is 1.01. The molecule has 0 aromatic carbocycles. The number of hydrogen-bond acceptors (Lipinski definition) is 4. The Morgan fingerprint density at radius 2 is 2.46 bits per heavy atom. The molecular formula is C7H10N4S2. The summed E-state index contributed by atoms with van der Waals surface area (Å²) in [7, 11) is 0. The third-order valence-corrected chi connectivity index (χ3v) is 2.54. The fourth-order valence-corrected chi connectivity index (χ4v) is 1.64. The fourth-order valence-electron chi connectivity index (χ4n) is 0.839. The van der Waals surface area contributed by atoms with Crippen LogP contribution in [0, 0.1) is 6.92 Å². The molecule has 0 unspecified atom stereocenters. The summed E-state index contributed by atoms with van der Waals surface area (Å²) in [5.41, 5.74) is 11.4. The number of thiazole rings is 1. The Balaban J connectivity index is 2.78. The van der Waals surface area contributed by atoms with E-state index >= 15 is 0 Å². The summed E-state index contributed by atoms with van der Waals surface area (Å²) >= 11 is 6.17. The highest BCUT2D eigenvalue weighted by Crippen LogP contribution is 2.12. The molecule has 1 aromatic heterocycles. The van der Waals surface area contributed by atoms with Crippen molar-refractivity contribution in [2.45, 2.75) is 13.8 Å². The van der Waals surface area contributed by atoms with E-state index in [1.807, 2.05) is 13.8 Å². The van der Waals surface area contributed by atoms with Gasteiger partial charge in [-0.1, -0.05) is 0 Å². The minimum Gasteiger partial charge on any atom is -0.375 e. The van der Waals surface area contributed by atoms with Gasteiger partial charge in [-0.05, 0) is 26.1 Å². The predicted molar refractivity (Wildman–Crippen MR) is 59.0 cm³/mol. The molecule has 0 aliphatic carbocycles. The van der Waals surface area contributed by atoms with E-state index < -0.39 is 0 Å². The van der Waals surface area contributed by atoms with Gasteiger partial charge in [-0.2, -0.15) is 5.10 Å². The molecule has 13 heavy (non-hydrogen) atoms. The molecule has 0 spiro atoms. The second kappa shape index (κ2) is 4.29. The maximum Gasteiger partial charge on any atom is 0.184 e. The molecule has 0 amide bonds. The van der Waals surface area contributed by atoms with Gasteiger partial charge in [-0.25, -0.2) is 4.98 Å². The van der Waals surface area contributed by atoms with E-state index in [9.17, 15) is 0 Å². The van der Waals surface area contributed by atoms with Crippen molar-refractivity contribution in [1.29, 1.82) is 0 Å². The Morgan fingerprint density at radius 3 is 2.92 bits per heavy atom. The number of hydrazone groups is 1. The smallest absolute Gasteiger partial charge is 0.184 e. The van der Waals surface area contributed by atoms with Gasteiger partial charge >= 0.3 is 0 Å². The number of thiocarbonyl (C=S) groups is 1. The summed E-state index contributed by atoms with van der Waals surface area (Å²) in [6.45, 7) is 3.82. The molecule has 6 heteroatoms. The van der Waals surface area contributed by atoms with Gasteiger partial charge in [-0.15, -0.1) is 11.3 Å². The molecule has 70 valence electrons. The Bertz CT molecular complexity index is 342. The van der Waals surface area contributed by atoms with Crippen molar-refractivity contribution in [2.24, 2.45) is 10.8 Å². The quantitative estimate of drug-likeness (QED) is 0.438. The van der Waals surface area contributed by atoms with E-state index in [0.717, 1.165) is 16.3 Å². The van der Waals surface area contributed by atoms with Crippen LogP contribution in [0.5, 0.6) is 0 Å². The number of nitrogens with one attached hydrogen (secondary N) is 1. The molecule has 0 atom stereocenters. The maximum atomic E-state index is 5.23. The van der Waals surface area contributed by atoms with Crippen LogP contribution in [-0.2, 0) is 0 Å². The minimum atomic E-state index is 0.168. The van der Waals surface area contributed by atoms with Crippen molar-refractivity contribution in [1.82, 2.24) is 10.4 Å². The van der Waals surface area contributed by atoms with Crippen molar-refractivity contribution in [3.8, 4) is 0 Å². The lowest BCUT2D eigenvalue weighted by molar-refractivity contribution is 1.03. The first-order valence-electron chi connectivity index (χ1n) is 3.61. The lowest BCUT2D eigenvalue weighted by Crippen LogP contribution is -2.25. The molecule has 4 nitrogen and oxygen atoms in total. The highest BCUT2D eigenvalue weighted by molar-refractivity contribution is 7.80. The Labute approximate surface area is 85.9 Å². The highest BCUT2D eigenvalue weighted by atomic mass is 32.1. The summed E-state index contributed by atoms with van der Waals surface area (Å²) in [5, 5.41) is 4.17. The number of nitrogens with two attached hydrogens (primary N) is 1. The normalized spacial score (nSPS) is 11.4. The molecule has 0 saturated carbocycles. The average Bonchev–Trinajstić information content (AvgIpc) is 2.47. The summed E-state index contributed by atoms with van der Waals surface area (Å²) in [6.07, 6.45) is 0. The topological polar surface area (TPSA) is 63.3 Å². The highest BCUT2D eigenvalue weighted by Gasteiger charge is 2.04. The summed E-state index contributed by atoms with van der Waals surface area (Å²) < 4.78 is 0. The standard InChI is InChI=1S/C7H10N4S2/c1-4-6(13-3-9-4)5(2)10-11-7(8)12/h3H,1-2H3,(H3,8,11,12)/b10-5+. The zero-order valence-electron chi connectivity index (χ0n) is 7.37. The van der Waals surface area contributed by atoms with E-state index in [4.69, 9.17) is 5.73 Å². The van der Waals surface area contributed by atoms with Crippen LogP contribution in [0.25, 0.3) is 0 Å². The lowest BCUT2D eigenvalue weighted by atomic mass is 10.3. The van der Waals surface area contributed by atoms with E-state index in [0.29, 0.717) is 0 Å². The van der Waals surface area contributed by atoms with Gasteiger partial charge in [0.1, 0.15) is 0 Å². The van der Waals surface area contributed by atoms with Crippen LogP contribution in [0.4, 0.5) is 0 Å². The Hall–Kier alpha value is -1.01. The van der Waals surface area contributed by atoms with Gasteiger partial charge in [0.05, 0.1) is 21.8 Å². The zero-order chi connectivity index (χ0) is 9.84. The van der Waals surface area contributed by atoms with Crippen molar-refractivity contribution < 1.29 is 0 Å². The van der Waals surface area contributed by atoms with E-state index in [1.165, 1.54) is 0 Å². The molecule has 1 heterocycles. The lowest BCUT2D eigenvalue weighted by Gasteiger charge is -1.98. The third-order valence-electron chi connectivity index (χ3n) is 1.41. The molecule has 0 radical (unpaired) electrons. The van der Waals surface area contributed by atoms with Crippen LogP contribution < -0.4 is 11.2 Å². The Morgan fingerprint density at radius 1 is 1.77 bits per heavy atom. The maximum absolute atomic E-state index is 5.23. The third kappa shape index (κ3) is 2.74. The van der Waals surface area contributed by atoms with Gasteiger partial charge in [0.25, 0.3) is 0 Å². The van der Waals surface area contributed by atoms with Crippen LogP contribution in [0.15, 0.2) is 10.6 Å². The van der Waals surface area contributed by atoms with Gasteiger partial charge in [-0.3, -0.25) is 5.43 Å². The molecule has 0 bridgehead atoms. The van der Waals surface area contributed by atoms with Crippen molar-refractivity contribution in [3.05, 3.63) is 16.1 Å². The first-order chi connectivity index (χ1) is 6.11. The van der Waals surface area contributed by atoms with Crippen LogP contribution in [0.1, 0.15) is 17.5 Å². The minimum absolute atomic E-state index is 0.168. The largest absolute Gasteiger partial charge is 0.375 e. The number of hydrogen-bond donors (Lipinski definition) is 2. The van der Waals surface area contributed by atoms with Gasteiger partial charge in [0, 0.05) is 0 Å². The van der Waals surface area contributed by atoms with Crippen LogP contribution in [0.2, 0.25) is 0 Å². The second-order valence-electron chi connectivity index (χ2n) is 2.44. The van der Waals surface area contributed by atoms with Gasteiger partial charge in [0.15, 0.2) is 5.11 Å². The molecule has 1 rings (SSSR count). The molecule has 3 N–H and O–H groups in total. The molecule has 0 aliphatic rings. The number of aryl methyl sites for hydroxylation is 1. The van der Waals surface area contributed by atoms with E-state index in [1.54, 1.807) is 16.8 Å². The van der Waals surface area contributed by atoms with Crippen LogP contribution in [-0.4, -0.2) is 15.8 Å².